The molecule has 0 spiro atoms. The van der Waals surface area contributed by atoms with Crippen LogP contribution in [0.2, 0.25) is 0 Å². The van der Waals surface area contributed by atoms with Gasteiger partial charge in [0, 0.05) is 25.5 Å². The van der Waals surface area contributed by atoms with Gasteiger partial charge in [-0.15, -0.1) is 0 Å². The van der Waals surface area contributed by atoms with Crippen LogP contribution in [0.4, 0.5) is 0 Å². The molecular formula is C11H21N3O. The van der Waals surface area contributed by atoms with Crippen LogP contribution >= 0.6 is 0 Å². The Morgan fingerprint density at radius 1 is 1.40 bits per heavy atom. The average molecular weight is 211 g/mol. The summed E-state index contributed by atoms with van der Waals surface area (Å²) in [5, 5.41) is 3.30. The molecule has 4 nitrogen and oxygen atoms in total. The number of ether oxygens (including phenoxy) is 1. The van der Waals surface area contributed by atoms with Crippen LogP contribution in [0.5, 0.6) is 0 Å². The van der Waals surface area contributed by atoms with Gasteiger partial charge < -0.3 is 14.6 Å². The fraction of sp³-hybridized carbons (Fsp3) is 0.727. The van der Waals surface area contributed by atoms with Crippen molar-refractivity contribution in [3.63, 3.8) is 0 Å². The lowest BCUT2D eigenvalue weighted by Gasteiger charge is -2.07. The van der Waals surface area contributed by atoms with E-state index in [1.807, 2.05) is 19.3 Å². The molecule has 0 saturated carbocycles. The Kier molecular flexibility index (Phi) is 6.04. The zero-order valence-corrected chi connectivity index (χ0v) is 9.70. The molecule has 0 fully saturated rings. The predicted molar refractivity (Wildman–Crippen MR) is 60.9 cm³/mol. The summed E-state index contributed by atoms with van der Waals surface area (Å²) < 4.78 is 7.59. The third-order valence-electron chi connectivity index (χ3n) is 2.25. The summed E-state index contributed by atoms with van der Waals surface area (Å²) in [6.45, 7) is 8.61. The third kappa shape index (κ3) is 4.95. The fourth-order valence-electron chi connectivity index (χ4n) is 1.35. The number of nitrogens with zero attached hydrogens (tertiary/aromatic N) is 2. The highest BCUT2D eigenvalue weighted by atomic mass is 16.5. The van der Waals surface area contributed by atoms with Gasteiger partial charge in [0.25, 0.3) is 0 Å². The predicted octanol–water partition coefficient (Wildman–Crippen LogP) is 1.21. The Bertz CT molecular complexity index is 260. The van der Waals surface area contributed by atoms with Crippen molar-refractivity contribution < 1.29 is 4.74 Å². The highest BCUT2D eigenvalue weighted by molar-refractivity contribution is 4.87. The summed E-state index contributed by atoms with van der Waals surface area (Å²) in [6, 6.07) is 0. The molecule has 1 rings (SSSR count). The summed E-state index contributed by atoms with van der Waals surface area (Å²) in [4.78, 5) is 4.15. The van der Waals surface area contributed by atoms with Gasteiger partial charge in [-0.3, -0.25) is 0 Å². The molecule has 0 aromatic carbocycles. The van der Waals surface area contributed by atoms with E-state index in [-0.39, 0.29) is 0 Å². The topological polar surface area (TPSA) is 39.1 Å². The Morgan fingerprint density at radius 2 is 2.27 bits per heavy atom. The van der Waals surface area contributed by atoms with E-state index in [1.165, 1.54) is 6.42 Å². The zero-order valence-electron chi connectivity index (χ0n) is 9.70. The summed E-state index contributed by atoms with van der Waals surface area (Å²) in [7, 11) is 0. The van der Waals surface area contributed by atoms with Crippen molar-refractivity contribution in [2.24, 2.45) is 0 Å². The molecule has 0 amide bonds. The fourth-order valence-corrected chi connectivity index (χ4v) is 1.35. The number of rotatable bonds is 8. The summed E-state index contributed by atoms with van der Waals surface area (Å²) in [5.41, 5.74) is 0. The van der Waals surface area contributed by atoms with Gasteiger partial charge >= 0.3 is 0 Å². The van der Waals surface area contributed by atoms with Gasteiger partial charge in [-0.1, -0.05) is 6.92 Å². The first-order chi connectivity index (χ1) is 7.34. The Hall–Kier alpha value is -0.870. The molecule has 4 heteroatoms. The molecule has 0 radical (unpaired) electrons. The van der Waals surface area contributed by atoms with E-state index in [9.17, 15) is 0 Å². The molecule has 1 aromatic heterocycles. The lowest BCUT2D eigenvalue weighted by Crippen LogP contribution is -2.21. The van der Waals surface area contributed by atoms with Gasteiger partial charge in [0.2, 0.25) is 0 Å². The smallest absolute Gasteiger partial charge is 0.105 e. The maximum Gasteiger partial charge on any atom is 0.105 e. The second-order valence-corrected chi connectivity index (χ2v) is 3.53. The maximum atomic E-state index is 5.50. The summed E-state index contributed by atoms with van der Waals surface area (Å²) in [6.07, 6.45) is 4.97. The van der Waals surface area contributed by atoms with Crippen LogP contribution in [0.3, 0.4) is 0 Å². The highest BCUT2D eigenvalue weighted by Gasteiger charge is 1.95. The zero-order chi connectivity index (χ0) is 10.9. The first-order valence-electron chi connectivity index (χ1n) is 5.60. The number of nitrogens with one attached hydrogen (secondary N) is 1. The van der Waals surface area contributed by atoms with Crippen molar-refractivity contribution in [2.45, 2.75) is 26.8 Å². The van der Waals surface area contributed by atoms with Crippen LogP contribution in [0, 0.1) is 6.92 Å². The number of hydrogen-bond donors (Lipinski definition) is 1. The van der Waals surface area contributed by atoms with E-state index in [0.29, 0.717) is 0 Å². The molecule has 0 aliphatic rings. The van der Waals surface area contributed by atoms with Crippen LogP contribution in [0.1, 0.15) is 19.2 Å². The van der Waals surface area contributed by atoms with Gasteiger partial charge in [-0.05, 0) is 19.9 Å². The highest BCUT2D eigenvalue weighted by Crippen LogP contribution is 1.94. The van der Waals surface area contributed by atoms with Crippen molar-refractivity contribution in [3.8, 4) is 0 Å². The molecule has 0 aliphatic heterocycles. The van der Waals surface area contributed by atoms with Crippen molar-refractivity contribution >= 4 is 0 Å². The quantitative estimate of drug-likeness (QED) is 0.657. The van der Waals surface area contributed by atoms with E-state index in [0.717, 1.165) is 38.7 Å². The molecule has 0 bridgehead atoms. The first-order valence-corrected chi connectivity index (χ1v) is 5.60. The lowest BCUT2D eigenvalue weighted by atomic mass is 10.5. The van der Waals surface area contributed by atoms with Crippen LogP contribution < -0.4 is 5.32 Å². The Morgan fingerprint density at radius 3 is 2.93 bits per heavy atom. The van der Waals surface area contributed by atoms with E-state index in [2.05, 4.69) is 21.8 Å². The van der Waals surface area contributed by atoms with Gasteiger partial charge in [0.1, 0.15) is 5.82 Å². The molecule has 0 unspecified atom stereocenters. The van der Waals surface area contributed by atoms with Crippen molar-refractivity contribution in [1.29, 1.82) is 0 Å². The number of aromatic nitrogens is 2. The van der Waals surface area contributed by atoms with E-state index in [1.54, 1.807) is 0 Å². The minimum atomic E-state index is 0.755. The van der Waals surface area contributed by atoms with Gasteiger partial charge in [0.15, 0.2) is 0 Å². The van der Waals surface area contributed by atoms with E-state index in [4.69, 9.17) is 4.74 Å². The number of hydrogen-bond acceptors (Lipinski definition) is 3. The molecule has 1 N–H and O–H groups in total. The molecule has 0 atom stereocenters. The van der Waals surface area contributed by atoms with Crippen LogP contribution in [0.25, 0.3) is 0 Å². The van der Waals surface area contributed by atoms with E-state index >= 15 is 0 Å². The van der Waals surface area contributed by atoms with Crippen LogP contribution in [-0.4, -0.2) is 35.9 Å². The van der Waals surface area contributed by atoms with Crippen molar-refractivity contribution in [3.05, 3.63) is 18.2 Å². The van der Waals surface area contributed by atoms with Crippen molar-refractivity contribution in [2.75, 3.05) is 26.3 Å². The van der Waals surface area contributed by atoms with Crippen LogP contribution in [0.15, 0.2) is 12.4 Å². The second-order valence-electron chi connectivity index (χ2n) is 3.53. The van der Waals surface area contributed by atoms with Crippen LogP contribution in [-0.2, 0) is 11.3 Å². The molecular weight excluding hydrogens is 190 g/mol. The maximum absolute atomic E-state index is 5.50. The first kappa shape index (κ1) is 12.2. The molecule has 86 valence electrons. The number of aryl methyl sites for hydroxylation is 1. The SMILES string of the molecule is CCCNCCOCCn1ccnc1C. The second kappa shape index (κ2) is 7.43. The monoisotopic (exact) mass is 211 g/mol. The lowest BCUT2D eigenvalue weighted by molar-refractivity contribution is 0.127. The molecule has 1 heterocycles. The molecule has 15 heavy (non-hydrogen) atoms. The summed E-state index contributed by atoms with van der Waals surface area (Å²) in [5.74, 6) is 1.04. The largest absolute Gasteiger partial charge is 0.378 e. The molecule has 0 aliphatic carbocycles. The van der Waals surface area contributed by atoms with Gasteiger partial charge in [-0.2, -0.15) is 0 Å². The molecule has 1 aromatic rings. The summed E-state index contributed by atoms with van der Waals surface area (Å²) >= 11 is 0. The number of imidazole rings is 1. The van der Waals surface area contributed by atoms with Gasteiger partial charge in [-0.25, -0.2) is 4.98 Å². The standard InChI is InChI=1S/C11H21N3O/c1-3-4-12-6-9-15-10-8-14-7-5-13-11(14)2/h5,7,12H,3-4,6,8-10H2,1-2H3. The minimum Gasteiger partial charge on any atom is -0.378 e. The Balaban J connectivity index is 1.96. The van der Waals surface area contributed by atoms with Crippen molar-refractivity contribution in [1.82, 2.24) is 14.9 Å². The van der Waals surface area contributed by atoms with E-state index < -0.39 is 0 Å². The molecule has 0 saturated heterocycles. The third-order valence-corrected chi connectivity index (χ3v) is 2.25. The average Bonchev–Trinajstić information content (AvgIpc) is 2.63. The Labute approximate surface area is 91.7 Å². The minimum absolute atomic E-state index is 0.755. The van der Waals surface area contributed by atoms with Gasteiger partial charge in [0.05, 0.1) is 13.2 Å². The normalized spacial score (nSPS) is 10.8.